The highest BCUT2D eigenvalue weighted by Crippen LogP contribution is 2.36. The zero-order chi connectivity index (χ0) is 20.9. The van der Waals surface area contributed by atoms with Crippen LogP contribution in [0.4, 0.5) is 11.4 Å². The van der Waals surface area contributed by atoms with Gasteiger partial charge in [-0.1, -0.05) is 12.1 Å². The number of benzene rings is 1. The molecule has 1 aromatic carbocycles. The summed E-state index contributed by atoms with van der Waals surface area (Å²) in [6, 6.07) is 10.3. The van der Waals surface area contributed by atoms with Gasteiger partial charge < -0.3 is 30.7 Å². The Morgan fingerprint density at radius 1 is 1.33 bits per heavy atom. The Morgan fingerprint density at radius 2 is 2.17 bits per heavy atom. The molecule has 3 heterocycles. The molecule has 0 spiro atoms. The standard InChI is InChI=1S/C21H29N5O3S/c22-21(28)25-17-12-18(30-19(17)20(27)24-15-4-2-6-23-13-15)14-3-1-5-16(11-14)26-7-9-29-10-8-26/h1,3,5,11-12,15,21,23,25,28H,2,4,6-10,13,22H2,(H,24,27)/t15-,21?/m0/s1. The SMILES string of the molecule is NC(O)Nc1cc(-c2cccc(N3CCOCC3)c2)sc1C(=O)N[C@H]1CCCNC1. The van der Waals surface area contributed by atoms with E-state index in [0.29, 0.717) is 10.6 Å². The van der Waals surface area contributed by atoms with Gasteiger partial charge in [-0.3, -0.25) is 10.5 Å². The Morgan fingerprint density at radius 3 is 2.90 bits per heavy atom. The van der Waals surface area contributed by atoms with Crippen LogP contribution >= 0.6 is 11.3 Å². The number of morpholine rings is 1. The number of nitrogens with zero attached hydrogens (tertiary/aromatic N) is 1. The molecule has 2 aliphatic heterocycles. The largest absolute Gasteiger partial charge is 0.378 e. The quantitative estimate of drug-likeness (QED) is 0.439. The lowest BCUT2D eigenvalue weighted by molar-refractivity contribution is 0.0935. The third-order valence-corrected chi connectivity index (χ3v) is 6.56. The molecule has 1 unspecified atom stereocenters. The molecule has 2 fully saturated rings. The topological polar surface area (TPSA) is 112 Å². The van der Waals surface area contributed by atoms with Gasteiger partial charge in [-0.15, -0.1) is 11.3 Å². The van der Waals surface area contributed by atoms with E-state index in [0.717, 1.165) is 68.4 Å². The minimum Gasteiger partial charge on any atom is -0.378 e. The van der Waals surface area contributed by atoms with Crippen molar-refractivity contribution in [3.05, 3.63) is 35.2 Å². The summed E-state index contributed by atoms with van der Waals surface area (Å²) >= 11 is 1.40. The first-order chi connectivity index (χ1) is 14.6. The Hall–Kier alpha value is -2.17. The Labute approximate surface area is 180 Å². The molecular weight excluding hydrogens is 402 g/mol. The minimum absolute atomic E-state index is 0.108. The van der Waals surface area contributed by atoms with E-state index in [1.165, 1.54) is 11.3 Å². The van der Waals surface area contributed by atoms with E-state index in [-0.39, 0.29) is 11.9 Å². The van der Waals surface area contributed by atoms with E-state index in [4.69, 9.17) is 10.5 Å². The van der Waals surface area contributed by atoms with Crippen molar-refractivity contribution in [2.75, 3.05) is 49.6 Å². The summed E-state index contributed by atoms with van der Waals surface area (Å²) in [7, 11) is 0. The van der Waals surface area contributed by atoms with Gasteiger partial charge in [-0.2, -0.15) is 0 Å². The first kappa shape index (κ1) is 21.1. The van der Waals surface area contributed by atoms with Crippen LogP contribution in [0, 0.1) is 0 Å². The molecule has 9 heteroatoms. The van der Waals surface area contributed by atoms with Gasteiger partial charge in [-0.25, -0.2) is 0 Å². The van der Waals surface area contributed by atoms with Gasteiger partial charge in [0.05, 0.1) is 18.9 Å². The summed E-state index contributed by atoms with van der Waals surface area (Å²) in [5.41, 5.74) is 8.24. The van der Waals surface area contributed by atoms with E-state index in [2.05, 4.69) is 33.0 Å². The van der Waals surface area contributed by atoms with Crippen LogP contribution in [0.15, 0.2) is 30.3 Å². The summed E-state index contributed by atoms with van der Waals surface area (Å²) in [6.45, 7) is 4.94. The van der Waals surface area contributed by atoms with E-state index in [1.807, 2.05) is 18.2 Å². The second kappa shape index (κ2) is 9.76. The molecular formula is C21H29N5O3S. The summed E-state index contributed by atoms with van der Waals surface area (Å²) in [5.74, 6) is -0.146. The number of carbonyl (C=O) groups excluding carboxylic acids is 1. The lowest BCUT2D eigenvalue weighted by Crippen LogP contribution is -2.45. The van der Waals surface area contributed by atoms with Crippen molar-refractivity contribution in [2.24, 2.45) is 5.73 Å². The monoisotopic (exact) mass is 431 g/mol. The second-order valence-electron chi connectivity index (χ2n) is 7.61. The first-order valence-corrected chi connectivity index (χ1v) is 11.2. The zero-order valence-electron chi connectivity index (χ0n) is 16.9. The number of nitrogens with one attached hydrogen (secondary N) is 3. The van der Waals surface area contributed by atoms with E-state index in [9.17, 15) is 9.90 Å². The van der Waals surface area contributed by atoms with Gasteiger partial charge in [0.15, 0.2) is 6.35 Å². The van der Waals surface area contributed by atoms with Gasteiger partial charge >= 0.3 is 0 Å². The molecule has 0 radical (unpaired) electrons. The maximum absolute atomic E-state index is 13.0. The number of carbonyl (C=O) groups is 1. The Kier molecular flexibility index (Phi) is 6.86. The smallest absolute Gasteiger partial charge is 0.263 e. The summed E-state index contributed by atoms with van der Waals surface area (Å²) in [6.07, 6.45) is 0.762. The molecule has 0 bridgehead atoms. The maximum Gasteiger partial charge on any atom is 0.263 e. The third-order valence-electron chi connectivity index (χ3n) is 5.38. The molecule has 8 nitrogen and oxygen atoms in total. The highest BCUT2D eigenvalue weighted by atomic mass is 32.1. The molecule has 0 saturated carbocycles. The number of hydrogen-bond donors (Lipinski definition) is 5. The minimum atomic E-state index is -1.24. The summed E-state index contributed by atoms with van der Waals surface area (Å²) < 4.78 is 5.45. The molecule has 1 amide bonds. The van der Waals surface area contributed by atoms with Crippen LogP contribution in [0.5, 0.6) is 0 Å². The number of thiophene rings is 1. The highest BCUT2D eigenvalue weighted by Gasteiger charge is 2.22. The summed E-state index contributed by atoms with van der Waals surface area (Å²) in [5, 5.41) is 18.8. The number of anilines is 2. The second-order valence-corrected chi connectivity index (χ2v) is 8.66. The van der Waals surface area contributed by atoms with Crippen LogP contribution in [0.3, 0.4) is 0 Å². The fourth-order valence-electron chi connectivity index (χ4n) is 3.87. The van der Waals surface area contributed by atoms with Crippen molar-refractivity contribution in [2.45, 2.75) is 25.2 Å². The number of piperidine rings is 1. The lowest BCUT2D eigenvalue weighted by atomic mass is 10.1. The average molecular weight is 432 g/mol. The van der Waals surface area contributed by atoms with Crippen molar-refractivity contribution < 1.29 is 14.6 Å². The van der Waals surface area contributed by atoms with Gasteiger partial charge in [0.25, 0.3) is 5.91 Å². The molecule has 0 aliphatic carbocycles. The van der Waals surface area contributed by atoms with Crippen molar-refractivity contribution in [1.29, 1.82) is 0 Å². The molecule has 6 N–H and O–H groups in total. The number of hydrogen-bond acceptors (Lipinski definition) is 8. The zero-order valence-corrected chi connectivity index (χ0v) is 17.7. The van der Waals surface area contributed by atoms with Crippen molar-refractivity contribution >= 4 is 28.6 Å². The van der Waals surface area contributed by atoms with Gasteiger partial charge in [0, 0.05) is 36.2 Å². The Balaban J connectivity index is 1.58. The molecule has 30 heavy (non-hydrogen) atoms. The molecule has 1 aromatic heterocycles. The molecule has 2 saturated heterocycles. The predicted octanol–water partition coefficient (Wildman–Crippen LogP) is 1.38. The molecule has 4 rings (SSSR count). The fraction of sp³-hybridized carbons (Fsp3) is 0.476. The number of nitrogens with two attached hydrogens (primary N) is 1. The lowest BCUT2D eigenvalue weighted by Gasteiger charge is -2.29. The number of rotatable bonds is 6. The Bertz CT molecular complexity index is 860. The van der Waals surface area contributed by atoms with Crippen LogP contribution < -0.4 is 26.6 Å². The average Bonchev–Trinajstić information content (AvgIpc) is 3.18. The van der Waals surface area contributed by atoms with Crippen LogP contribution in [-0.2, 0) is 4.74 Å². The number of ether oxygens (including phenoxy) is 1. The van der Waals surface area contributed by atoms with E-state index in [1.54, 1.807) is 0 Å². The number of aliphatic hydroxyl groups excluding tert-OH is 1. The molecule has 2 aromatic rings. The van der Waals surface area contributed by atoms with Crippen molar-refractivity contribution in [1.82, 2.24) is 10.6 Å². The highest BCUT2D eigenvalue weighted by molar-refractivity contribution is 7.18. The maximum atomic E-state index is 13.0. The molecule has 162 valence electrons. The first-order valence-electron chi connectivity index (χ1n) is 10.4. The summed E-state index contributed by atoms with van der Waals surface area (Å²) in [4.78, 5) is 16.7. The van der Waals surface area contributed by atoms with Gasteiger partial charge in [0.1, 0.15) is 4.88 Å². The number of aliphatic hydroxyl groups is 1. The van der Waals surface area contributed by atoms with Crippen LogP contribution in [-0.4, -0.2) is 62.8 Å². The molecule has 2 aliphatic rings. The van der Waals surface area contributed by atoms with E-state index >= 15 is 0 Å². The van der Waals surface area contributed by atoms with E-state index < -0.39 is 6.35 Å². The molecule has 2 atom stereocenters. The normalized spacial score (nSPS) is 20.6. The van der Waals surface area contributed by atoms with Crippen molar-refractivity contribution in [3.63, 3.8) is 0 Å². The van der Waals surface area contributed by atoms with Crippen LogP contribution in [0.2, 0.25) is 0 Å². The van der Waals surface area contributed by atoms with Crippen molar-refractivity contribution in [3.8, 4) is 10.4 Å². The van der Waals surface area contributed by atoms with Gasteiger partial charge in [-0.05, 0) is 43.1 Å². The fourth-order valence-corrected chi connectivity index (χ4v) is 4.89. The predicted molar refractivity (Wildman–Crippen MR) is 120 cm³/mol. The third kappa shape index (κ3) is 5.11. The number of amides is 1. The van der Waals surface area contributed by atoms with Crippen LogP contribution in [0.1, 0.15) is 22.5 Å². The van der Waals surface area contributed by atoms with Gasteiger partial charge in [0.2, 0.25) is 0 Å². The van der Waals surface area contributed by atoms with Crippen LogP contribution in [0.25, 0.3) is 10.4 Å².